The molecule has 2 bridgehead atoms. The quantitative estimate of drug-likeness (QED) is 0.690. The van der Waals surface area contributed by atoms with E-state index in [2.05, 4.69) is 36.6 Å². The van der Waals surface area contributed by atoms with Crippen LogP contribution in [0.25, 0.3) is 0 Å². The standard InChI is InChI=1S/C17H28N4O/c1-17(2,3)20-11-14-4-5-15(12-20)21(14)16(22)19-8-6-13(10-18)7-9-19/h13-15H,4-9,11-12H2,1-3H3. The number of piperidine rings is 1. The third-order valence-electron chi connectivity index (χ3n) is 5.60. The molecule has 0 aromatic heterocycles. The number of carbonyl (C=O) groups excluding carboxylic acids is 1. The van der Waals surface area contributed by atoms with Crippen LogP contribution in [0.4, 0.5) is 4.79 Å². The van der Waals surface area contributed by atoms with Crippen molar-refractivity contribution in [3.63, 3.8) is 0 Å². The smallest absolute Gasteiger partial charge is 0.320 e. The molecule has 5 nitrogen and oxygen atoms in total. The fraction of sp³-hybridized carbons (Fsp3) is 0.882. The molecule has 3 aliphatic rings. The van der Waals surface area contributed by atoms with E-state index in [1.165, 1.54) is 0 Å². The highest BCUT2D eigenvalue weighted by Crippen LogP contribution is 2.34. The Hall–Kier alpha value is -1.28. The Morgan fingerprint density at radius 1 is 1.05 bits per heavy atom. The van der Waals surface area contributed by atoms with Gasteiger partial charge in [-0.25, -0.2) is 4.79 Å². The summed E-state index contributed by atoms with van der Waals surface area (Å²) in [6.45, 7) is 10.3. The van der Waals surface area contributed by atoms with E-state index in [4.69, 9.17) is 5.26 Å². The van der Waals surface area contributed by atoms with Gasteiger partial charge in [0.2, 0.25) is 0 Å². The number of likely N-dealkylation sites (tertiary alicyclic amines) is 2. The molecule has 3 saturated heterocycles. The lowest BCUT2D eigenvalue weighted by Gasteiger charge is -2.48. The van der Waals surface area contributed by atoms with E-state index < -0.39 is 0 Å². The Morgan fingerprint density at radius 3 is 2.05 bits per heavy atom. The van der Waals surface area contributed by atoms with E-state index >= 15 is 0 Å². The Morgan fingerprint density at radius 2 is 1.59 bits per heavy atom. The van der Waals surface area contributed by atoms with Gasteiger partial charge in [0.15, 0.2) is 0 Å². The maximum Gasteiger partial charge on any atom is 0.320 e. The van der Waals surface area contributed by atoms with Crippen molar-refractivity contribution < 1.29 is 4.79 Å². The number of amides is 2. The molecule has 22 heavy (non-hydrogen) atoms. The third kappa shape index (κ3) is 2.81. The molecule has 0 N–H and O–H groups in total. The molecule has 0 aromatic rings. The van der Waals surface area contributed by atoms with Crippen LogP contribution in [0.15, 0.2) is 0 Å². The van der Waals surface area contributed by atoms with Crippen LogP contribution < -0.4 is 0 Å². The fourth-order valence-corrected chi connectivity index (χ4v) is 4.13. The first-order chi connectivity index (χ1) is 10.4. The molecule has 3 rings (SSSR count). The molecule has 0 aromatic carbocycles. The molecular weight excluding hydrogens is 276 g/mol. The van der Waals surface area contributed by atoms with Gasteiger partial charge in [-0.1, -0.05) is 0 Å². The largest absolute Gasteiger partial charge is 0.325 e. The van der Waals surface area contributed by atoms with Crippen LogP contribution >= 0.6 is 0 Å². The lowest BCUT2D eigenvalue weighted by atomic mass is 9.98. The molecule has 3 aliphatic heterocycles. The third-order valence-corrected chi connectivity index (χ3v) is 5.60. The molecule has 0 spiro atoms. The van der Waals surface area contributed by atoms with Crippen LogP contribution in [0.1, 0.15) is 46.5 Å². The Labute approximate surface area is 133 Å². The number of hydrogen-bond donors (Lipinski definition) is 0. The van der Waals surface area contributed by atoms with Gasteiger partial charge in [-0.05, 0) is 46.5 Å². The molecule has 5 heteroatoms. The zero-order valence-electron chi connectivity index (χ0n) is 14.1. The number of fused-ring (bicyclic) bond motifs is 2. The summed E-state index contributed by atoms with van der Waals surface area (Å²) >= 11 is 0. The van der Waals surface area contributed by atoms with Crippen molar-refractivity contribution in [2.24, 2.45) is 5.92 Å². The Kier molecular flexibility index (Phi) is 4.07. The van der Waals surface area contributed by atoms with Crippen LogP contribution in [0, 0.1) is 17.2 Å². The summed E-state index contributed by atoms with van der Waals surface area (Å²) in [6.07, 6.45) is 3.94. The number of urea groups is 1. The second kappa shape index (κ2) is 5.73. The van der Waals surface area contributed by atoms with Crippen molar-refractivity contribution in [2.45, 2.75) is 64.1 Å². The van der Waals surface area contributed by atoms with Crippen molar-refractivity contribution in [1.82, 2.24) is 14.7 Å². The van der Waals surface area contributed by atoms with E-state index in [9.17, 15) is 4.79 Å². The van der Waals surface area contributed by atoms with Gasteiger partial charge < -0.3 is 9.80 Å². The Bertz CT molecular complexity index is 456. The van der Waals surface area contributed by atoms with Crippen molar-refractivity contribution in [1.29, 1.82) is 5.26 Å². The minimum Gasteiger partial charge on any atom is -0.325 e. The van der Waals surface area contributed by atoms with Crippen LogP contribution in [0.3, 0.4) is 0 Å². The monoisotopic (exact) mass is 304 g/mol. The second-order valence-corrected chi connectivity index (χ2v) is 8.04. The molecule has 3 heterocycles. The summed E-state index contributed by atoms with van der Waals surface area (Å²) in [5.41, 5.74) is 0.182. The summed E-state index contributed by atoms with van der Waals surface area (Å²) in [4.78, 5) is 19.6. The second-order valence-electron chi connectivity index (χ2n) is 8.04. The minimum absolute atomic E-state index is 0.138. The number of hydrogen-bond acceptors (Lipinski definition) is 3. The maximum atomic E-state index is 12.9. The normalized spacial score (nSPS) is 30.5. The Balaban J connectivity index is 1.64. The topological polar surface area (TPSA) is 50.6 Å². The highest BCUT2D eigenvalue weighted by molar-refractivity contribution is 5.76. The van der Waals surface area contributed by atoms with E-state index in [0.29, 0.717) is 12.1 Å². The van der Waals surface area contributed by atoms with E-state index in [0.717, 1.165) is 51.9 Å². The number of carbonyl (C=O) groups is 1. The number of nitriles is 1. The number of nitrogens with zero attached hydrogens (tertiary/aromatic N) is 4. The highest BCUT2D eigenvalue weighted by atomic mass is 16.2. The zero-order valence-corrected chi connectivity index (χ0v) is 14.1. The maximum absolute atomic E-state index is 12.9. The lowest BCUT2D eigenvalue weighted by molar-refractivity contribution is 0.0226. The molecule has 0 saturated carbocycles. The molecular formula is C17H28N4O. The average molecular weight is 304 g/mol. The van der Waals surface area contributed by atoms with Crippen LogP contribution in [0.5, 0.6) is 0 Å². The molecule has 2 atom stereocenters. The molecule has 0 aliphatic carbocycles. The number of piperazine rings is 1. The van der Waals surface area contributed by atoms with E-state index in [1.807, 2.05) is 4.90 Å². The fourth-order valence-electron chi connectivity index (χ4n) is 4.13. The minimum atomic E-state index is 0.138. The summed E-state index contributed by atoms with van der Waals surface area (Å²) in [5.74, 6) is 0.138. The predicted octanol–water partition coefficient (Wildman–Crippen LogP) is 2.29. The summed E-state index contributed by atoms with van der Waals surface area (Å²) in [6, 6.07) is 3.31. The van der Waals surface area contributed by atoms with Crippen LogP contribution in [0.2, 0.25) is 0 Å². The van der Waals surface area contributed by atoms with Crippen LogP contribution in [-0.4, -0.2) is 64.5 Å². The van der Waals surface area contributed by atoms with Gasteiger partial charge in [0.1, 0.15) is 0 Å². The summed E-state index contributed by atoms with van der Waals surface area (Å²) in [7, 11) is 0. The van der Waals surface area contributed by atoms with Gasteiger partial charge in [0.25, 0.3) is 0 Å². The molecule has 0 radical (unpaired) electrons. The molecule has 2 amide bonds. The average Bonchev–Trinajstić information content (AvgIpc) is 2.75. The SMILES string of the molecule is CC(C)(C)N1CC2CCC(C1)N2C(=O)N1CCC(C#N)CC1. The van der Waals surface area contributed by atoms with Gasteiger partial charge in [0, 0.05) is 49.7 Å². The molecule has 122 valence electrons. The van der Waals surface area contributed by atoms with Crippen molar-refractivity contribution in [3.05, 3.63) is 0 Å². The van der Waals surface area contributed by atoms with Gasteiger partial charge in [-0.3, -0.25) is 4.90 Å². The molecule has 3 fully saturated rings. The predicted molar refractivity (Wildman–Crippen MR) is 85.3 cm³/mol. The molecule has 2 unspecified atom stereocenters. The summed E-state index contributed by atoms with van der Waals surface area (Å²) in [5, 5.41) is 8.99. The number of rotatable bonds is 0. The van der Waals surface area contributed by atoms with Crippen LogP contribution in [-0.2, 0) is 0 Å². The van der Waals surface area contributed by atoms with Crippen molar-refractivity contribution in [2.75, 3.05) is 26.2 Å². The van der Waals surface area contributed by atoms with Crippen molar-refractivity contribution in [3.8, 4) is 6.07 Å². The van der Waals surface area contributed by atoms with Gasteiger partial charge >= 0.3 is 6.03 Å². The highest BCUT2D eigenvalue weighted by Gasteiger charge is 2.46. The van der Waals surface area contributed by atoms with Gasteiger partial charge in [0.05, 0.1) is 6.07 Å². The van der Waals surface area contributed by atoms with E-state index in [-0.39, 0.29) is 17.5 Å². The zero-order chi connectivity index (χ0) is 15.9. The van der Waals surface area contributed by atoms with Gasteiger partial charge in [-0.15, -0.1) is 0 Å². The first kappa shape index (κ1) is 15.6. The first-order valence-electron chi connectivity index (χ1n) is 8.62. The van der Waals surface area contributed by atoms with E-state index in [1.54, 1.807) is 0 Å². The lowest BCUT2D eigenvalue weighted by Crippen LogP contribution is -2.62. The van der Waals surface area contributed by atoms with Crippen molar-refractivity contribution >= 4 is 6.03 Å². The van der Waals surface area contributed by atoms with Gasteiger partial charge in [-0.2, -0.15) is 5.26 Å². The summed E-state index contributed by atoms with van der Waals surface area (Å²) < 4.78 is 0. The first-order valence-corrected chi connectivity index (χ1v) is 8.62.